The molecule has 1 aromatic heterocycles. The van der Waals surface area contributed by atoms with E-state index in [0.717, 1.165) is 42.8 Å². The molecule has 0 bridgehead atoms. The molecule has 2 heterocycles. The summed E-state index contributed by atoms with van der Waals surface area (Å²) in [6.45, 7) is 5.79. The summed E-state index contributed by atoms with van der Waals surface area (Å²) in [5, 5.41) is 2.99. The van der Waals surface area contributed by atoms with Crippen molar-refractivity contribution in [2.24, 2.45) is 5.92 Å². The van der Waals surface area contributed by atoms with Crippen LogP contribution in [0.2, 0.25) is 0 Å². The summed E-state index contributed by atoms with van der Waals surface area (Å²) in [5.41, 5.74) is 1.06. The first kappa shape index (κ1) is 24.3. The fourth-order valence-corrected chi connectivity index (χ4v) is 4.65. The largest absolute Gasteiger partial charge is 0.474 e. The van der Waals surface area contributed by atoms with Crippen molar-refractivity contribution in [2.75, 3.05) is 23.3 Å². The standard InChI is InChI=1S/C25H30F3N3O3/c1-16-14-31(15-17(2)33-16)21-7-5-20(6-8-21)30-24(32)18-3-9-22(10-4-18)34-23-13-19(11-12-29-23)25(26,27)28/h5-8,11-13,16-18,22H,3-4,9-10,14-15H2,1-2H3,(H,30,32)/t16-,17+,18?,22?. The fraction of sp³-hybridized carbons (Fsp3) is 0.520. The van der Waals surface area contributed by atoms with Gasteiger partial charge in [-0.2, -0.15) is 13.2 Å². The van der Waals surface area contributed by atoms with Gasteiger partial charge in [-0.15, -0.1) is 0 Å². The lowest BCUT2D eigenvalue weighted by molar-refractivity contribution is -0.137. The molecule has 1 saturated carbocycles. The SMILES string of the molecule is C[C@@H]1CN(c2ccc(NC(=O)C3CCC(Oc4cc(C(F)(F)F)ccn4)CC3)cc2)C[C@H](C)O1. The van der Waals surface area contributed by atoms with Gasteiger partial charge in [0.1, 0.15) is 6.10 Å². The molecule has 1 N–H and O–H groups in total. The molecule has 2 atom stereocenters. The number of halogens is 3. The van der Waals surface area contributed by atoms with Gasteiger partial charge >= 0.3 is 6.18 Å². The van der Waals surface area contributed by atoms with Gasteiger partial charge in [0.15, 0.2) is 0 Å². The predicted molar refractivity (Wildman–Crippen MR) is 123 cm³/mol. The number of carbonyl (C=O) groups excluding carboxylic acids is 1. The predicted octanol–water partition coefficient (Wildman–Crippen LogP) is 5.29. The molecule has 1 aliphatic carbocycles. The second-order valence-electron chi connectivity index (χ2n) is 9.17. The van der Waals surface area contributed by atoms with Crippen LogP contribution in [-0.2, 0) is 15.7 Å². The van der Waals surface area contributed by atoms with E-state index in [-0.39, 0.29) is 36.0 Å². The van der Waals surface area contributed by atoms with Gasteiger partial charge in [-0.25, -0.2) is 4.98 Å². The first-order valence-electron chi connectivity index (χ1n) is 11.7. The van der Waals surface area contributed by atoms with Gasteiger partial charge in [-0.05, 0) is 69.9 Å². The van der Waals surface area contributed by atoms with Crippen LogP contribution in [0.15, 0.2) is 42.6 Å². The van der Waals surface area contributed by atoms with Gasteiger partial charge in [0.05, 0.1) is 17.8 Å². The molecule has 6 nitrogen and oxygen atoms in total. The number of alkyl halides is 3. The van der Waals surface area contributed by atoms with Crippen molar-refractivity contribution in [3.05, 3.63) is 48.2 Å². The summed E-state index contributed by atoms with van der Waals surface area (Å²) in [6.07, 6.45) is -0.855. The van der Waals surface area contributed by atoms with Crippen LogP contribution in [0, 0.1) is 5.92 Å². The molecule has 0 radical (unpaired) electrons. The Labute approximate surface area is 197 Å². The maximum atomic E-state index is 12.9. The van der Waals surface area contributed by atoms with Gasteiger partial charge in [-0.1, -0.05) is 0 Å². The lowest BCUT2D eigenvalue weighted by Crippen LogP contribution is -2.45. The van der Waals surface area contributed by atoms with Crippen molar-refractivity contribution in [2.45, 2.75) is 64.0 Å². The highest BCUT2D eigenvalue weighted by Gasteiger charge is 2.32. The van der Waals surface area contributed by atoms with E-state index in [2.05, 4.69) is 29.0 Å². The molecule has 1 amide bonds. The molecular weight excluding hydrogens is 447 g/mol. The summed E-state index contributed by atoms with van der Waals surface area (Å²) < 4.78 is 50.1. The molecule has 9 heteroatoms. The Bertz CT molecular complexity index is 965. The third kappa shape index (κ3) is 6.20. The van der Waals surface area contributed by atoms with Gasteiger partial charge in [-0.3, -0.25) is 4.79 Å². The van der Waals surface area contributed by atoms with Crippen molar-refractivity contribution in [1.29, 1.82) is 0 Å². The number of anilines is 2. The summed E-state index contributed by atoms with van der Waals surface area (Å²) in [5.74, 6) is -0.237. The minimum Gasteiger partial charge on any atom is -0.474 e. The number of benzene rings is 1. The number of morpholine rings is 1. The quantitative estimate of drug-likeness (QED) is 0.634. The average Bonchev–Trinajstić information content (AvgIpc) is 2.79. The molecule has 184 valence electrons. The van der Waals surface area contributed by atoms with Gasteiger partial charge < -0.3 is 19.7 Å². The molecule has 1 aliphatic heterocycles. The van der Waals surface area contributed by atoms with Crippen LogP contribution in [0.3, 0.4) is 0 Å². The third-order valence-corrected chi connectivity index (χ3v) is 6.31. The number of carbonyl (C=O) groups is 1. The highest BCUT2D eigenvalue weighted by atomic mass is 19.4. The van der Waals surface area contributed by atoms with Crippen LogP contribution in [0.5, 0.6) is 5.88 Å². The minimum atomic E-state index is -4.44. The molecule has 34 heavy (non-hydrogen) atoms. The molecule has 2 aromatic rings. The van der Waals surface area contributed by atoms with Gasteiger partial charge in [0.2, 0.25) is 11.8 Å². The Hall–Kier alpha value is -2.81. The van der Waals surface area contributed by atoms with E-state index in [4.69, 9.17) is 9.47 Å². The van der Waals surface area contributed by atoms with E-state index in [9.17, 15) is 18.0 Å². The van der Waals surface area contributed by atoms with E-state index in [1.165, 1.54) is 0 Å². The number of hydrogen-bond donors (Lipinski definition) is 1. The zero-order chi connectivity index (χ0) is 24.3. The zero-order valence-corrected chi connectivity index (χ0v) is 19.3. The Morgan fingerprint density at radius 3 is 2.32 bits per heavy atom. The van der Waals surface area contributed by atoms with E-state index in [1.54, 1.807) is 0 Å². The highest BCUT2D eigenvalue weighted by Crippen LogP contribution is 2.32. The number of ether oxygens (including phenoxy) is 2. The monoisotopic (exact) mass is 477 g/mol. The topological polar surface area (TPSA) is 63.7 Å². The number of hydrogen-bond acceptors (Lipinski definition) is 5. The summed E-state index contributed by atoms with van der Waals surface area (Å²) in [7, 11) is 0. The van der Waals surface area contributed by atoms with Crippen molar-refractivity contribution in [1.82, 2.24) is 4.98 Å². The number of rotatable bonds is 5. The van der Waals surface area contributed by atoms with Crippen molar-refractivity contribution in [3.63, 3.8) is 0 Å². The molecule has 0 unspecified atom stereocenters. The Morgan fingerprint density at radius 1 is 1.06 bits per heavy atom. The fourth-order valence-electron chi connectivity index (χ4n) is 4.65. The lowest BCUT2D eigenvalue weighted by atomic mass is 9.86. The molecule has 4 rings (SSSR count). The minimum absolute atomic E-state index is 0.0353. The smallest absolute Gasteiger partial charge is 0.416 e. The summed E-state index contributed by atoms with van der Waals surface area (Å²) in [6, 6.07) is 9.67. The van der Waals surface area contributed by atoms with E-state index in [1.807, 2.05) is 24.3 Å². The molecule has 1 aromatic carbocycles. The van der Waals surface area contributed by atoms with Crippen molar-refractivity contribution >= 4 is 17.3 Å². The van der Waals surface area contributed by atoms with Crippen LogP contribution >= 0.6 is 0 Å². The first-order chi connectivity index (χ1) is 16.2. The Kier molecular flexibility index (Phi) is 7.30. The molecular formula is C25H30F3N3O3. The Morgan fingerprint density at radius 2 is 1.71 bits per heavy atom. The second kappa shape index (κ2) is 10.2. The van der Waals surface area contributed by atoms with Crippen LogP contribution < -0.4 is 15.0 Å². The number of aromatic nitrogens is 1. The van der Waals surface area contributed by atoms with Crippen LogP contribution in [0.25, 0.3) is 0 Å². The number of nitrogens with one attached hydrogen (secondary N) is 1. The van der Waals surface area contributed by atoms with Gasteiger partial charge in [0, 0.05) is 42.6 Å². The van der Waals surface area contributed by atoms with Crippen LogP contribution in [0.1, 0.15) is 45.1 Å². The van der Waals surface area contributed by atoms with Crippen molar-refractivity contribution < 1.29 is 27.4 Å². The van der Waals surface area contributed by atoms with E-state index in [0.29, 0.717) is 25.7 Å². The highest BCUT2D eigenvalue weighted by molar-refractivity contribution is 5.92. The average molecular weight is 478 g/mol. The van der Waals surface area contributed by atoms with Crippen molar-refractivity contribution in [3.8, 4) is 5.88 Å². The summed E-state index contributed by atoms with van der Waals surface area (Å²) >= 11 is 0. The van der Waals surface area contributed by atoms with Crippen LogP contribution in [0.4, 0.5) is 24.5 Å². The zero-order valence-electron chi connectivity index (χ0n) is 19.3. The second-order valence-corrected chi connectivity index (χ2v) is 9.17. The maximum absolute atomic E-state index is 12.9. The van der Waals surface area contributed by atoms with E-state index < -0.39 is 11.7 Å². The Balaban J connectivity index is 1.26. The first-order valence-corrected chi connectivity index (χ1v) is 11.7. The van der Waals surface area contributed by atoms with Crippen LogP contribution in [-0.4, -0.2) is 42.3 Å². The summed E-state index contributed by atoms with van der Waals surface area (Å²) in [4.78, 5) is 18.9. The lowest BCUT2D eigenvalue weighted by Gasteiger charge is -2.36. The molecule has 0 spiro atoms. The molecule has 2 aliphatic rings. The van der Waals surface area contributed by atoms with Gasteiger partial charge in [0.25, 0.3) is 0 Å². The molecule has 2 fully saturated rings. The molecule has 1 saturated heterocycles. The third-order valence-electron chi connectivity index (χ3n) is 6.31. The number of amides is 1. The number of nitrogens with zero attached hydrogens (tertiary/aromatic N) is 2. The maximum Gasteiger partial charge on any atom is 0.416 e. The van der Waals surface area contributed by atoms with E-state index >= 15 is 0 Å². The normalized spacial score (nSPS) is 25.6. The number of pyridine rings is 1.